The van der Waals surface area contributed by atoms with E-state index in [9.17, 15) is 9.59 Å². The summed E-state index contributed by atoms with van der Waals surface area (Å²) in [5, 5.41) is 0. The number of ketones is 1. The van der Waals surface area contributed by atoms with E-state index in [-0.39, 0.29) is 12.4 Å². The lowest BCUT2D eigenvalue weighted by Gasteiger charge is -2.17. The maximum absolute atomic E-state index is 12.1. The van der Waals surface area contributed by atoms with Crippen molar-refractivity contribution in [3.8, 4) is 0 Å². The van der Waals surface area contributed by atoms with Gasteiger partial charge in [-0.05, 0) is 36.6 Å². The molecule has 1 amide bonds. The van der Waals surface area contributed by atoms with Crippen LogP contribution in [0.2, 0.25) is 0 Å². The van der Waals surface area contributed by atoms with Gasteiger partial charge in [0.2, 0.25) is 0 Å². The van der Waals surface area contributed by atoms with Gasteiger partial charge in [-0.25, -0.2) is 4.79 Å². The van der Waals surface area contributed by atoms with Crippen molar-refractivity contribution in [3.63, 3.8) is 0 Å². The molecule has 4 heteroatoms. The summed E-state index contributed by atoms with van der Waals surface area (Å²) in [6, 6.07) is 17.1. The summed E-state index contributed by atoms with van der Waals surface area (Å²) < 4.78 is 5.30. The maximum atomic E-state index is 12.1. The molecule has 0 saturated heterocycles. The van der Waals surface area contributed by atoms with Crippen molar-refractivity contribution in [1.29, 1.82) is 0 Å². The molecule has 0 radical (unpaired) electrons. The summed E-state index contributed by atoms with van der Waals surface area (Å²) in [6.07, 6.45) is 0.858. The number of hydrogen-bond donors (Lipinski definition) is 0. The zero-order valence-corrected chi connectivity index (χ0v) is 13.5. The fourth-order valence-corrected chi connectivity index (χ4v) is 2.13. The fourth-order valence-electron chi connectivity index (χ4n) is 2.13. The second-order valence-electron chi connectivity index (χ2n) is 5.47. The number of ether oxygens (including phenoxy) is 1. The Morgan fingerprint density at radius 1 is 0.957 bits per heavy atom. The van der Waals surface area contributed by atoms with Gasteiger partial charge in [0.25, 0.3) is 0 Å². The number of Topliss-reactive ketones (excluding diaryl/α,β-unsaturated/α-hetero) is 1. The molecule has 2 aromatic carbocycles. The van der Waals surface area contributed by atoms with Crippen LogP contribution in [-0.4, -0.2) is 18.9 Å². The Kier molecular flexibility index (Phi) is 5.92. The highest BCUT2D eigenvalue weighted by molar-refractivity contribution is 5.86. The van der Waals surface area contributed by atoms with Gasteiger partial charge >= 0.3 is 6.09 Å². The SMILES string of the molecule is CC(=O)CCc1ccc(N(C)C(=O)OCc2ccccc2)cc1. The normalized spacial score (nSPS) is 10.2. The topological polar surface area (TPSA) is 46.6 Å². The molecule has 0 aliphatic rings. The standard InChI is InChI=1S/C19H21NO3/c1-15(21)8-9-16-10-12-18(13-11-16)20(2)19(22)23-14-17-6-4-3-5-7-17/h3-7,10-13H,8-9,14H2,1-2H3. The third kappa shape index (κ3) is 5.25. The smallest absolute Gasteiger partial charge is 0.414 e. The zero-order chi connectivity index (χ0) is 16.7. The number of benzene rings is 2. The molecular weight excluding hydrogens is 290 g/mol. The van der Waals surface area contributed by atoms with Crippen LogP contribution in [0.15, 0.2) is 54.6 Å². The lowest BCUT2D eigenvalue weighted by atomic mass is 10.1. The maximum Gasteiger partial charge on any atom is 0.414 e. The molecule has 0 aromatic heterocycles. The predicted octanol–water partition coefficient (Wildman–Crippen LogP) is 3.98. The molecule has 0 aliphatic carbocycles. The summed E-state index contributed by atoms with van der Waals surface area (Å²) in [6.45, 7) is 1.84. The lowest BCUT2D eigenvalue weighted by Crippen LogP contribution is -2.26. The van der Waals surface area contributed by atoms with E-state index in [0.29, 0.717) is 6.42 Å². The molecule has 0 unspecified atom stereocenters. The van der Waals surface area contributed by atoms with Crippen molar-refractivity contribution in [3.05, 3.63) is 65.7 Å². The Morgan fingerprint density at radius 3 is 2.22 bits per heavy atom. The van der Waals surface area contributed by atoms with Crippen LogP contribution >= 0.6 is 0 Å². The first kappa shape index (κ1) is 16.7. The second-order valence-corrected chi connectivity index (χ2v) is 5.47. The van der Waals surface area contributed by atoms with Crippen LogP contribution in [0.5, 0.6) is 0 Å². The molecule has 0 saturated carbocycles. The summed E-state index contributed by atoms with van der Waals surface area (Å²) in [4.78, 5) is 24.5. The van der Waals surface area contributed by atoms with Gasteiger partial charge in [-0.2, -0.15) is 0 Å². The van der Waals surface area contributed by atoms with Crippen molar-refractivity contribution in [1.82, 2.24) is 0 Å². The molecule has 0 heterocycles. The number of anilines is 1. The van der Waals surface area contributed by atoms with E-state index >= 15 is 0 Å². The van der Waals surface area contributed by atoms with E-state index in [1.165, 1.54) is 4.90 Å². The van der Waals surface area contributed by atoms with Crippen LogP contribution in [-0.2, 0) is 22.6 Å². The Balaban J connectivity index is 1.90. The van der Waals surface area contributed by atoms with Gasteiger partial charge in [-0.3, -0.25) is 4.90 Å². The van der Waals surface area contributed by atoms with E-state index in [4.69, 9.17) is 4.74 Å². The molecule has 0 fully saturated rings. The molecule has 2 rings (SSSR count). The Morgan fingerprint density at radius 2 is 1.61 bits per heavy atom. The van der Waals surface area contributed by atoms with Crippen LogP contribution in [0.1, 0.15) is 24.5 Å². The second kappa shape index (κ2) is 8.13. The summed E-state index contributed by atoms with van der Waals surface area (Å²) >= 11 is 0. The zero-order valence-electron chi connectivity index (χ0n) is 13.5. The number of nitrogens with zero attached hydrogens (tertiary/aromatic N) is 1. The fraction of sp³-hybridized carbons (Fsp3) is 0.263. The Bertz CT molecular complexity index is 650. The third-order valence-corrected chi connectivity index (χ3v) is 3.57. The number of rotatable bonds is 6. The van der Waals surface area contributed by atoms with Gasteiger partial charge in [-0.1, -0.05) is 42.5 Å². The van der Waals surface area contributed by atoms with Gasteiger partial charge in [0, 0.05) is 19.2 Å². The van der Waals surface area contributed by atoms with E-state index in [1.807, 2.05) is 54.6 Å². The molecule has 0 spiro atoms. The van der Waals surface area contributed by atoms with E-state index in [1.54, 1.807) is 14.0 Å². The highest BCUT2D eigenvalue weighted by Crippen LogP contribution is 2.16. The molecular formula is C19H21NO3. The van der Waals surface area contributed by atoms with Crippen LogP contribution in [0.3, 0.4) is 0 Å². The largest absolute Gasteiger partial charge is 0.444 e. The Labute approximate surface area is 136 Å². The molecule has 0 bridgehead atoms. The molecule has 23 heavy (non-hydrogen) atoms. The predicted molar refractivity (Wildman–Crippen MR) is 90.5 cm³/mol. The van der Waals surface area contributed by atoms with Crippen LogP contribution in [0.4, 0.5) is 10.5 Å². The van der Waals surface area contributed by atoms with Crippen molar-refractivity contribution < 1.29 is 14.3 Å². The van der Waals surface area contributed by atoms with Gasteiger partial charge in [-0.15, -0.1) is 0 Å². The molecule has 2 aromatic rings. The van der Waals surface area contributed by atoms with E-state index < -0.39 is 6.09 Å². The number of carbonyl (C=O) groups excluding carboxylic acids is 2. The van der Waals surface area contributed by atoms with Gasteiger partial charge in [0.15, 0.2) is 0 Å². The first-order valence-corrected chi connectivity index (χ1v) is 7.59. The van der Waals surface area contributed by atoms with Crippen molar-refractivity contribution in [2.24, 2.45) is 0 Å². The molecule has 0 N–H and O–H groups in total. The molecule has 0 atom stereocenters. The first-order chi connectivity index (χ1) is 11.1. The third-order valence-electron chi connectivity index (χ3n) is 3.57. The minimum Gasteiger partial charge on any atom is -0.444 e. The summed E-state index contributed by atoms with van der Waals surface area (Å²) in [7, 11) is 1.68. The minimum absolute atomic E-state index is 0.177. The number of hydrogen-bond acceptors (Lipinski definition) is 3. The first-order valence-electron chi connectivity index (χ1n) is 7.59. The van der Waals surface area contributed by atoms with Crippen LogP contribution < -0.4 is 4.90 Å². The molecule has 0 aliphatic heterocycles. The minimum atomic E-state index is -0.398. The van der Waals surface area contributed by atoms with E-state index in [0.717, 1.165) is 23.2 Å². The number of aryl methyl sites for hydroxylation is 1. The van der Waals surface area contributed by atoms with E-state index in [2.05, 4.69) is 0 Å². The average Bonchev–Trinajstić information content (AvgIpc) is 2.58. The lowest BCUT2D eigenvalue weighted by molar-refractivity contribution is -0.116. The number of amides is 1. The summed E-state index contributed by atoms with van der Waals surface area (Å²) in [5.41, 5.74) is 2.79. The monoisotopic (exact) mass is 311 g/mol. The highest BCUT2D eigenvalue weighted by atomic mass is 16.6. The quantitative estimate of drug-likeness (QED) is 0.810. The van der Waals surface area contributed by atoms with Crippen molar-refractivity contribution in [2.45, 2.75) is 26.4 Å². The van der Waals surface area contributed by atoms with Crippen molar-refractivity contribution in [2.75, 3.05) is 11.9 Å². The van der Waals surface area contributed by atoms with Crippen LogP contribution in [0, 0.1) is 0 Å². The molecule has 120 valence electrons. The highest BCUT2D eigenvalue weighted by Gasteiger charge is 2.12. The van der Waals surface area contributed by atoms with Crippen LogP contribution in [0.25, 0.3) is 0 Å². The number of carbonyl (C=O) groups is 2. The average molecular weight is 311 g/mol. The summed E-state index contributed by atoms with van der Waals surface area (Å²) in [5.74, 6) is 0.177. The molecule has 4 nitrogen and oxygen atoms in total. The van der Waals surface area contributed by atoms with Gasteiger partial charge in [0.1, 0.15) is 12.4 Å². The van der Waals surface area contributed by atoms with Crippen molar-refractivity contribution >= 4 is 17.6 Å². The van der Waals surface area contributed by atoms with Gasteiger partial charge in [0.05, 0.1) is 0 Å². The Hall–Kier alpha value is -2.62. The van der Waals surface area contributed by atoms with Gasteiger partial charge < -0.3 is 9.53 Å².